The molecule has 1 aromatic heterocycles. The number of para-hydroxylation sites is 1. The van der Waals surface area contributed by atoms with Crippen LogP contribution in [0.2, 0.25) is 0 Å². The van der Waals surface area contributed by atoms with Crippen molar-refractivity contribution in [2.24, 2.45) is 5.92 Å². The standard InChI is InChI=1S/C25H30N6O3/c32-20-9-7-17(8-10-20)15-30-24(34)22(6-3-11-26-25-27-12-13-28-25)31-23(33)19-14-18-4-1-2-5-21(18)29-16-19/h1-2,4-5,7-10,12-13,19,22,29,32H,3,6,11,14-16H2,(H,30,34)(H,31,33)(H2,26,27,28)/t19?,22-/m0/s1. The summed E-state index contributed by atoms with van der Waals surface area (Å²) in [5.74, 6) is 0.231. The summed E-state index contributed by atoms with van der Waals surface area (Å²) in [5.41, 5.74) is 3.02. The Morgan fingerprint density at radius 2 is 1.97 bits per heavy atom. The molecule has 2 aromatic carbocycles. The highest BCUT2D eigenvalue weighted by Gasteiger charge is 2.28. The minimum Gasteiger partial charge on any atom is -0.508 e. The van der Waals surface area contributed by atoms with Crippen LogP contribution in [0, 0.1) is 5.92 Å². The Balaban J connectivity index is 1.34. The van der Waals surface area contributed by atoms with Crippen LogP contribution in [0.4, 0.5) is 11.6 Å². The van der Waals surface area contributed by atoms with Gasteiger partial charge in [-0.1, -0.05) is 30.3 Å². The quantitative estimate of drug-likeness (QED) is 0.257. The van der Waals surface area contributed by atoms with Crippen LogP contribution in [-0.4, -0.2) is 46.0 Å². The van der Waals surface area contributed by atoms with Crippen molar-refractivity contribution < 1.29 is 14.7 Å². The summed E-state index contributed by atoms with van der Waals surface area (Å²) in [6, 6.07) is 14.0. The van der Waals surface area contributed by atoms with Gasteiger partial charge in [0.25, 0.3) is 0 Å². The monoisotopic (exact) mass is 462 g/mol. The third-order valence-corrected chi connectivity index (χ3v) is 5.89. The van der Waals surface area contributed by atoms with E-state index in [1.54, 1.807) is 36.7 Å². The second kappa shape index (κ2) is 11.2. The molecule has 3 aromatic rings. The number of phenols is 1. The second-order valence-electron chi connectivity index (χ2n) is 8.39. The Morgan fingerprint density at radius 3 is 2.76 bits per heavy atom. The summed E-state index contributed by atoms with van der Waals surface area (Å²) < 4.78 is 0. The summed E-state index contributed by atoms with van der Waals surface area (Å²) in [5, 5.41) is 21.8. The van der Waals surface area contributed by atoms with E-state index < -0.39 is 6.04 Å². The van der Waals surface area contributed by atoms with Gasteiger partial charge in [0.15, 0.2) is 5.95 Å². The summed E-state index contributed by atoms with van der Waals surface area (Å²) in [6.07, 6.45) is 5.19. The maximum Gasteiger partial charge on any atom is 0.242 e. The number of aromatic hydroxyl groups is 1. The molecule has 0 saturated heterocycles. The van der Waals surface area contributed by atoms with Crippen LogP contribution in [-0.2, 0) is 22.6 Å². The molecule has 0 aliphatic carbocycles. The lowest BCUT2D eigenvalue weighted by molar-refractivity contribution is -0.131. The van der Waals surface area contributed by atoms with Gasteiger partial charge < -0.3 is 31.4 Å². The van der Waals surface area contributed by atoms with Gasteiger partial charge in [-0.05, 0) is 48.6 Å². The third-order valence-electron chi connectivity index (χ3n) is 5.89. The molecule has 1 aliphatic heterocycles. The fourth-order valence-electron chi connectivity index (χ4n) is 3.99. The normalized spacial score (nSPS) is 15.5. The first-order chi connectivity index (χ1) is 16.6. The number of aromatic amines is 1. The molecule has 2 atom stereocenters. The van der Waals surface area contributed by atoms with Gasteiger partial charge in [0, 0.05) is 37.7 Å². The van der Waals surface area contributed by atoms with E-state index in [2.05, 4.69) is 31.2 Å². The summed E-state index contributed by atoms with van der Waals surface area (Å²) in [4.78, 5) is 33.2. The number of hydrogen-bond acceptors (Lipinski definition) is 6. The maximum absolute atomic E-state index is 13.1. The molecule has 0 radical (unpaired) electrons. The molecule has 0 saturated carbocycles. The fraction of sp³-hybridized carbons (Fsp3) is 0.320. The molecule has 34 heavy (non-hydrogen) atoms. The van der Waals surface area contributed by atoms with Crippen molar-refractivity contribution in [2.45, 2.75) is 31.8 Å². The van der Waals surface area contributed by atoms with Crippen LogP contribution in [0.1, 0.15) is 24.0 Å². The number of nitrogens with one attached hydrogen (secondary N) is 5. The van der Waals surface area contributed by atoms with E-state index in [9.17, 15) is 14.7 Å². The molecular formula is C25H30N6O3. The topological polar surface area (TPSA) is 131 Å². The lowest BCUT2D eigenvalue weighted by atomic mass is 9.93. The van der Waals surface area contributed by atoms with Gasteiger partial charge >= 0.3 is 0 Å². The van der Waals surface area contributed by atoms with Gasteiger partial charge in [0.2, 0.25) is 11.8 Å². The highest BCUT2D eigenvalue weighted by molar-refractivity contribution is 5.89. The van der Waals surface area contributed by atoms with E-state index >= 15 is 0 Å². The number of fused-ring (bicyclic) bond motifs is 1. The second-order valence-corrected chi connectivity index (χ2v) is 8.39. The van der Waals surface area contributed by atoms with Gasteiger partial charge in [-0.3, -0.25) is 9.59 Å². The van der Waals surface area contributed by atoms with E-state index in [1.807, 2.05) is 24.3 Å². The van der Waals surface area contributed by atoms with Crippen LogP contribution in [0.5, 0.6) is 5.75 Å². The smallest absolute Gasteiger partial charge is 0.242 e. The number of nitrogens with zero attached hydrogens (tertiary/aromatic N) is 1. The van der Waals surface area contributed by atoms with Gasteiger partial charge in [0.1, 0.15) is 11.8 Å². The summed E-state index contributed by atoms with van der Waals surface area (Å²) in [7, 11) is 0. The number of imidazole rings is 1. The number of benzene rings is 2. The average Bonchev–Trinajstić information content (AvgIpc) is 3.38. The molecule has 0 bridgehead atoms. The predicted molar refractivity (Wildman–Crippen MR) is 130 cm³/mol. The first kappa shape index (κ1) is 23.2. The van der Waals surface area contributed by atoms with E-state index in [-0.39, 0.29) is 23.5 Å². The molecule has 1 unspecified atom stereocenters. The number of carbonyl (C=O) groups is 2. The van der Waals surface area contributed by atoms with E-state index in [0.717, 1.165) is 16.8 Å². The van der Waals surface area contributed by atoms with Crippen molar-refractivity contribution in [3.63, 3.8) is 0 Å². The average molecular weight is 463 g/mol. The number of hydrogen-bond donors (Lipinski definition) is 6. The van der Waals surface area contributed by atoms with Crippen molar-refractivity contribution in [3.05, 3.63) is 72.1 Å². The lowest BCUT2D eigenvalue weighted by Gasteiger charge is -2.27. The van der Waals surface area contributed by atoms with E-state index in [4.69, 9.17) is 0 Å². The van der Waals surface area contributed by atoms with Crippen LogP contribution in [0.25, 0.3) is 0 Å². The van der Waals surface area contributed by atoms with Crippen LogP contribution in [0.3, 0.4) is 0 Å². The molecule has 4 rings (SSSR count). The minimum atomic E-state index is -0.653. The van der Waals surface area contributed by atoms with Gasteiger partial charge in [-0.2, -0.15) is 0 Å². The number of carbonyl (C=O) groups excluding carboxylic acids is 2. The highest BCUT2D eigenvalue weighted by atomic mass is 16.3. The van der Waals surface area contributed by atoms with Crippen molar-refractivity contribution in [1.82, 2.24) is 20.6 Å². The lowest BCUT2D eigenvalue weighted by Crippen LogP contribution is -2.50. The largest absolute Gasteiger partial charge is 0.508 e. The first-order valence-electron chi connectivity index (χ1n) is 11.5. The SMILES string of the molecule is O=C(N[C@@H](CCCNc1ncc[nH]1)C(=O)NCc1ccc(O)cc1)C1CNc2ccccc2C1. The van der Waals surface area contributed by atoms with Crippen molar-refractivity contribution in [2.75, 3.05) is 23.7 Å². The number of aromatic nitrogens is 2. The molecule has 1 aliphatic rings. The van der Waals surface area contributed by atoms with Gasteiger partial charge in [-0.25, -0.2) is 4.98 Å². The molecule has 0 fully saturated rings. The molecule has 9 heteroatoms. The van der Waals surface area contributed by atoms with Gasteiger partial charge in [0.05, 0.1) is 5.92 Å². The zero-order valence-corrected chi connectivity index (χ0v) is 18.9. The highest BCUT2D eigenvalue weighted by Crippen LogP contribution is 2.24. The molecule has 0 spiro atoms. The Labute approximate surface area is 198 Å². The van der Waals surface area contributed by atoms with Crippen LogP contribution < -0.4 is 21.3 Å². The number of phenolic OH excluding ortho intramolecular Hbond substituents is 1. The Hall–Kier alpha value is -4.01. The number of anilines is 2. The van der Waals surface area contributed by atoms with Crippen LogP contribution in [0.15, 0.2) is 60.9 Å². The van der Waals surface area contributed by atoms with Crippen molar-refractivity contribution in [1.29, 1.82) is 0 Å². The number of H-pyrrole nitrogens is 1. The molecule has 6 N–H and O–H groups in total. The van der Waals surface area contributed by atoms with Crippen molar-refractivity contribution in [3.8, 4) is 5.75 Å². The number of rotatable bonds is 10. The Kier molecular flexibility index (Phi) is 7.64. The van der Waals surface area contributed by atoms with E-state index in [0.29, 0.717) is 44.8 Å². The molecule has 9 nitrogen and oxygen atoms in total. The van der Waals surface area contributed by atoms with Crippen LogP contribution >= 0.6 is 0 Å². The summed E-state index contributed by atoms with van der Waals surface area (Å²) in [6.45, 7) is 1.46. The Morgan fingerprint density at radius 1 is 1.15 bits per heavy atom. The zero-order valence-electron chi connectivity index (χ0n) is 18.9. The Bertz CT molecular complexity index is 1080. The van der Waals surface area contributed by atoms with Crippen molar-refractivity contribution >= 4 is 23.5 Å². The molecule has 2 heterocycles. The van der Waals surface area contributed by atoms with E-state index in [1.165, 1.54) is 0 Å². The van der Waals surface area contributed by atoms with Gasteiger partial charge in [-0.15, -0.1) is 0 Å². The zero-order chi connectivity index (χ0) is 23.8. The maximum atomic E-state index is 13.1. The first-order valence-corrected chi connectivity index (χ1v) is 11.5. The third kappa shape index (κ3) is 6.28. The molecular weight excluding hydrogens is 432 g/mol. The number of amides is 2. The summed E-state index contributed by atoms with van der Waals surface area (Å²) >= 11 is 0. The predicted octanol–water partition coefficient (Wildman–Crippen LogP) is 2.39. The molecule has 178 valence electrons. The minimum absolute atomic E-state index is 0.134. The molecule has 2 amide bonds. The fourth-order valence-corrected chi connectivity index (χ4v) is 3.99.